The molecule has 2 saturated carbocycles. The van der Waals surface area contributed by atoms with Crippen LogP contribution in [0.1, 0.15) is 40.0 Å². The van der Waals surface area contributed by atoms with Crippen LogP contribution in [0.25, 0.3) is 0 Å². The lowest BCUT2D eigenvalue weighted by Crippen LogP contribution is -2.43. The summed E-state index contributed by atoms with van der Waals surface area (Å²) < 4.78 is 0. The lowest BCUT2D eigenvalue weighted by atomic mass is 10.1. The lowest BCUT2D eigenvalue weighted by molar-refractivity contribution is -0.122. The summed E-state index contributed by atoms with van der Waals surface area (Å²) in [6, 6.07) is 0.432. The first-order chi connectivity index (χ1) is 6.99. The van der Waals surface area contributed by atoms with Gasteiger partial charge in [0, 0.05) is 6.04 Å². The van der Waals surface area contributed by atoms with Crippen LogP contribution in [0.3, 0.4) is 0 Å². The van der Waals surface area contributed by atoms with E-state index < -0.39 is 0 Å². The molecule has 2 aliphatic carbocycles. The first-order valence-electron chi connectivity index (χ1n) is 6.03. The molecule has 2 rings (SSSR count). The van der Waals surface area contributed by atoms with Crippen LogP contribution in [0.2, 0.25) is 0 Å². The Morgan fingerprint density at radius 3 is 2.53 bits per heavy atom. The molecule has 2 atom stereocenters. The quantitative estimate of drug-likeness (QED) is 0.718. The van der Waals surface area contributed by atoms with E-state index in [9.17, 15) is 4.79 Å². The second-order valence-electron chi connectivity index (χ2n) is 5.80. The number of hydrogen-bond donors (Lipinski definition) is 2. The van der Waals surface area contributed by atoms with Crippen LogP contribution >= 0.6 is 0 Å². The summed E-state index contributed by atoms with van der Waals surface area (Å²) in [5.41, 5.74) is 0.500. The SMILES string of the molecule is CC(NCC1CC1(C)C)C(=O)NC1CC1. The zero-order valence-corrected chi connectivity index (χ0v) is 9.97. The molecular formula is C12H22N2O. The van der Waals surface area contributed by atoms with Crippen LogP contribution in [-0.2, 0) is 4.79 Å². The van der Waals surface area contributed by atoms with Gasteiger partial charge in [-0.3, -0.25) is 4.79 Å². The molecule has 0 aromatic heterocycles. The maximum Gasteiger partial charge on any atom is 0.237 e. The normalized spacial score (nSPS) is 29.7. The molecule has 2 unspecified atom stereocenters. The summed E-state index contributed by atoms with van der Waals surface area (Å²) in [6.07, 6.45) is 3.61. The van der Waals surface area contributed by atoms with E-state index >= 15 is 0 Å². The van der Waals surface area contributed by atoms with Gasteiger partial charge < -0.3 is 10.6 Å². The van der Waals surface area contributed by atoms with E-state index in [-0.39, 0.29) is 11.9 Å². The summed E-state index contributed by atoms with van der Waals surface area (Å²) in [6.45, 7) is 7.50. The van der Waals surface area contributed by atoms with Gasteiger partial charge in [-0.1, -0.05) is 13.8 Å². The van der Waals surface area contributed by atoms with Crippen molar-refractivity contribution < 1.29 is 4.79 Å². The highest BCUT2D eigenvalue weighted by Gasteiger charge is 2.45. The van der Waals surface area contributed by atoms with Gasteiger partial charge in [-0.05, 0) is 44.1 Å². The molecule has 0 spiro atoms. The van der Waals surface area contributed by atoms with Crippen LogP contribution in [-0.4, -0.2) is 24.5 Å². The lowest BCUT2D eigenvalue weighted by Gasteiger charge is -2.14. The number of rotatable bonds is 5. The van der Waals surface area contributed by atoms with Gasteiger partial charge in [-0.15, -0.1) is 0 Å². The topological polar surface area (TPSA) is 41.1 Å². The van der Waals surface area contributed by atoms with E-state index in [0.29, 0.717) is 11.5 Å². The highest BCUT2D eigenvalue weighted by Crippen LogP contribution is 2.50. The molecule has 0 heterocycles. The van der Waals surface area contributed by atoms with Gasteiger partial charge in [0.1, 0.15) is 0 Å². The molecule has 3 heteroatoms. The van der Waals surface area contributed by atoms with Crippen molar-refractivity contribution >= 4 is 5.91 Å². The van der Waals surface area contributed by atoms with Crippen LogP contribution in [0, 0.1) is 11.3 Å². The summed E-state index contributed by atoms with van der Waals surface area (Å²) in [4.78, 5) is 11.6. The van der Waals surface area contributed by atoms with Crippen molar-refractivity contribution in [3.8, 4) is 0 Å². The van der Waals surface area contributed by atoms with Crippen molar-refractivity contribution in [3.05, 3.63) is 0 Å². The Hall–Kier alpha value is -0.570. The molecule has 15 heavy (non-hydrogen) atoms. The molecule has 86 valence electrons. The molecule has 1 amide bonds. The fraction of sp³-hybridized carbons (Fsp3) is 0.917. The number of carbonyl (C=O) groups excluding carboxylic acids is 1. The highest BCUT2D eigenvalue weighted by atomic mass is 16.2. The predicted octanol–water partition coefficient (Wildman–Crippen LogP) is 1.29. The van der Waals surface area contributed by atoms with Crippen molar-refractivity contribution in [3.63, 3.8) is 0 Å². The molecule has 0 bridgehead atoms. The van der Waals surface area contributed by atoms with Crippen molar-refractivity contribution in [1.82, 2.24) is 10.6 Å². The fourth-order valence-corrected chi connectivity index (χ4v) is 1.89. The first kappa shape index (κ1) is 10.9. The number of carbonyl (C=O) groups is 1. The summed E-state index contributed by atoms with van der Waals surface area (Å²) >= 11 is 0. The van der Waals surface area contributed by atoms with Gasteiger partial charge in [-0.25, -0.2) is 0 Å². The van der Waals surface area contributed by atoms with E-state index in [2.05, 4.69) is 24.5 Å². The van der Waals surface area contributed by atoms with Gasteiger partial charge in [0.05, 0.1) is 6.04 Å². The van der Waals surface area contributed by atoms with Crippen molar-refractivity contribution in [2.24, 2.45) is 11.3 Å². The van der Waals surface area contributed by atoms with Crippen molar-refractivity contribution in [1.29, 1.82) is 0 Å². The standard InChI is InChI=1S/C12H22N2O/c1-8(11(15)14-10-4-5-10)13-7-9-6-12(9,2)3/h8-10,13H,4-7H2,1-3H3,(H,14,15). The second-order valence-corrected chi connectivity index (χ2v) is 5.80. The van der Waals surface area contributed by atoms with Gasteiger partial charge >= 0.3 is 0 Å². The third-order valence-corrected chi connectivity index (χ3v) is 3.70. The zero-order valence-electron chi connectivity index (χ0n) is 9.97. The third kappa shape index (κ3) is 2.94. The van der Waals surface area contributed by atoms with E-state index in [4.69, 9.17) is 0 Å². The average molecular weight is 210 g/mol. The van der Waals surface area contributed by atoms with Gasteiger partial charge in [-0.2, -0.15) is 0 Å². The molecule has 0 radical (unpaired) electrons. The van der Waals surface area contributed by atoms with Crippen LogP contribution < -0.4 is 10.6 Å². The molecule has 0 aliphatic heterocycles. The van der Waals surface area contributed by atoms with Crippen LogP contribution in [0.15, 0.2) is 0 Å². The van der Waals surface area contributed by atoms with E-state index in [1.807, 2.05) is 6.92 Å². The maximum atomic E-state index is 11.6. The number of amides is 1. The largest absolute Gasteiger partial charge is 0.352 e. The Balaban J connectivity index is 1.63. The average Bonchev–Trinajstić information content (AvgIpc) is 3.02. The molecule has 3 nitrogen and oxygen atoms in total. The first-order valence-corrected chi connectivity index (χ1v) is 6.03. The summed E-state index contributed by atoms with van der Waals surface area (Å²) in [5.74, 6) is 0.921. The summed E-state index contributed by atoms with van der Waals surface area (Å²) in [7, 11) is 0. The minimum atomic E-state index is -0.0398. The molecule has 0 aromatic carbocycles. The zero-order chi connectivity index (χ0) is 11.1. The van der Waals surface area contributed by atoms with E-state index in [1.54, 1.807) is 0 Å². The summed E-state index contributed by atoms with van der Waals surface area (Å²) in [5, 5.41) is 6.34. The third-order valence-electron chi connectivity index (χ3n) is 3.70. The minimum absolute atomic E-state index is 0.0398. The van der Waals surface area contributed by atoms with Gasteiger partial charge in [0.15, 0.2) is 0 Å². The molecule has 0 saturated heterocycles. The minimum Gasteiger partial charge on any atom is -0.352 e. The van der Waals surface area contributed by atoms with Crippen LogP contribution in [0.4, 0.5) is 0 Å². The Morgan fingerprint density at radius 1 is 1.47 bits per heavy atom. The van der Waals surface area contributed by atoms with Crippen molar-refractivity contribution in [2.45, 2.75) is 52.1 Å². The molecule has 2 fully saturated rings. The predicted molar refractivity (Wildman–Crippen MR) is 60.5 cm³/mol. The Bertz CT molecular complexity index is 258. The van der Waals surface area contributed by atoms with E-state index in [1.165, 1.54) is 6.42 Å². The van der Waals surface area contributed by atoms with Crippen LogP contribution in [0.5, 0.6) is 0 Å². The van der Waals surface area contributed by atoms with Gasteiger partial charge in [0.25, 0.3) is 0 Å². The smallest absolute Gasteiger partial charge is 0.237 e. The number of hydrogen-bond acceptors (Lipinski definition) is 2. The Labute approximate surface area is 92.0 Å². The monoisotopic (exact) mass is 210 g/mol. The molecule has 0 aromatic rings. The van der Waals surface area contributed by atoms with Crippen molar-refractivity contribution in [2.75, 3.05) is 6.54 Å². The maximum absolute atomic E-state index is 11.6. The molecule has 2 N–H and O–H groups in total. The second kappa shape index (κ2) is 3.78. The fourth-order valence-electron chi connectivity index (χ4n) is 1.89. The highest BCUT2D eigenvalue weighted by molar-refractivity contribution is 5.81. The molecule has 2 aliphatic rings. The van der Waals surface area contributed by atoms with E-state index in [0.717, 1.165) is 25.3 Å². The Kier molecular flexibility index (Phi) is 2.75. The Morgan fingerprint density at radius 2 is 2.07 bits per heavy atom. The molecular weight excluding hydrogens is 188 g/mol. The number of nitrogens with one attached hydrogen (secondary N) is 2. The van der Waals surface area contributed by atoms with Gasteiger partial charge in [0.2, 0.25) is 5.91 Å².